The number of hydrogen-bond acceptors (Lipinski definition) is 7. The molecule has 6 N–H and O–H groups in total. The molecule has 0 spiro atoms. The van der Waals surface area contributed by atoms with Crippen LogP contribution in [0.3, 0.4) is 0 Å². The highest BCUT2D eigenvalue weighted by Crippen LogP contribution is 2.22. The van der Waals surface area contributed by atoms with Crippen LogP contribution >= 0.6 is 0 Å². The van der Waals surface area contributed by atoms with E-state index in [1.54, 1.807) is 24.3 Å². The molecule has 1 atom stereocenters. The number of carbonyl (C=O) groups is 5. The van der Waals surface area contributed by atoms with Crippen LogP contribution in [-0.2, 0) is 27.2 Å². The maximum absolute atomic E-state index is 12.4. The van der Waals surface area contributed by atoms with Crippen molar-refractivity contribution in [3.63, 3.8) is 0 Å². The Morgan fingerprint density at radius 1 is 0.865 bits per heavy atom. The highest BCUT2D eigenvalue weighted by molar-refractivity contribution is 6.21. The van der Waals surface area contributed by atoms with Crippen LogP contribution in [0, 0.1) is 0 Å². The molecule has 2 aromatic carbocycles. The van der Waals surface area contributed by atoms with Gasteiger partial charge in [0.15, 0.2) is 0 Å². The van der Waals surface area contributed by atoms with Crippen LogP contribution in [0.15, 0.2) is 48.5 Å². The average molecular weight is 510 g/mol. The molecule has 0 radical (unpaired) electrons. The Kier molecular flexibility index (Phi) is 9.87. The van der Waals surface area contributed by atoms with E-state index in [4.69, 9.17) is 10.9 Å². The van der Waals surface area contributed by atoms with Gasteiger partial charge in [0, 0.05) is 25.9 Å². The van der Waals surface area contributed by atoms with Crippen molar-refractivity contribution in [2.24, 2.45) is 5.73 Å². The summed E-state index contributed by atoms with van der Waals surface area (Å²) in [6, 6.07) is 13.0. The first-order valence-electron chi connectivity index (χ1n) is 12.1. The molecule has 0 aromatic heterocycles. The first-order chi connectivity index (χ1) is 17.8. The standard InChI is InChI=1S/C26H31N5O6/c27-14-3-4-17-7-9-18(10-8-17)11-12-22(32)28-16-21(24(34)30-37)29-23(33)13-15-31-25(35)19-5-1-2-6-20(19)26(31)36/h1-2,5-10,21,37H,3-4,11-16,27H2,(H,28,32)(H,29,33)(H,30,34)/t21-/m0/s1. The van der Waals surface area contributed by atoms with Crippen LogP contribution in [0.4, 0.5) is 0 Å². The van der Waals surface area contributed by atoms with Gasteiger partial charge in [-0.1, -0.05) is 36.4 Å². The summed E-state index contributed by atoms with van der Waals surface area (Å²) >= 11 is 0. The van der Waals surface area contributed by atoms with Crippen molar-refractivity contribution in [3.05, 3.63) is 70.8 Å². The van der Waals surface area contributed by atoms with Gasteiger partial charge >= 0.3 is 0 Å². The SMILES string of the molecule is NCCCc1ccc(CCC(=O)NC[C@H](NC(=O)CCN2C(=O)c3ccccc3C2=O)C(=O)NO)cc1. The molecule has 0 fully saturated rings. The predicted molar refractivity (Wildman–Crippen MR) is 133 cm³/mol. The Morgan fingerprint density at radius 3 is 2.03 bits per heavy atom. The molecule has 0 unspecified atom stereocenters. The number of fused-ring (bicyclic) bond motifs is 1. The van der Waals surface area contributed by atoms with Crippen LogP contribution in [0.1, 0.15) is 51.1 Å². The minimum Gasteiger partial charge on any atom is -0.353 e. The summed E-state index contributed by atoms with van der Waals surface area (Å²) in [4.78, 5) is 62.5. The van der Waals surface area contributed by atoms with Crippen molar-refractivity contribution < 1.29 is 29.2 Å². The lowest BCUT2D eigenvalue weighted by atomic mass is 10.0. The molecule has 5 amide bonds. The topological polar surface area (TPSA) is 171 Å². The second kappa shape index (κ2) is 13.3. The van der Waals surface area contributed by atoms with E-state index >= 15 is 0 Å². The first kappa shape index (κ1) is 27.5. The predicted octanol–water partition coefficient (Wildman–Crippen LogP) is 0.303. The quantitative estimate of drug-likeness (QED) is 0.147. The molecule has 3 rings (SSSR count). The van der Waals surface area contributed by atoms with Gasteiger partial charge in [0.2, 0.25) is 11.8 Å². The summed E-state index contributed by atoms with van der Waals surface area (Å²) in [5, 5.41) is 14.0. The van der Waals surface area contributed by atoms with Gasteiger partial charge in [0.1, 0.15) is 6.04 Å². The van der Waals surface area contributed by atoms with Crippen molar-refractivity contribution in [3.8, 4) is 0 Å². The summed E-state index contributed by atoms with van der Waals surface area (Å²) in [5.41, 5.74) is 9.70. The third kappa shape index (κ3) is 7.45. The number of hydroxylamine groups is 1. The fraction of sp³-hybridized carbons (Fsp3) is 0.346. The Hall–Kier alpha value is -4.09. The highest BCUT2D eigenvalue weighted by atomic mass is 16.5. The molecule has 2 aromatic rings. The molecule has 1 aliphatic heterocycles. The van der Waals surface area contributed by atoms with E-state index in [2.05, 4.69) is 10.6 Å². The molecule has 37 heavy (non-hydrogen) atoms. The number of nitrogens with two attached hydrogens (primary N) is 1. The number of nitrogens with zero attached hydrogens (tertiary/aromatic N) is 1. The van der Waals surface area contributed by atoms with Crippen molar-refractivity contribution in [1.29, 1.82) is 0 Å². The smallest absolute Gasteiger partial charge is 0.267 e. The highest BCUT2D eigenvalue weighted by Gasteiger charge is 2.35. The summed E-state index contributed by atoms with van der Waals surface area (Å²) in [5.74, 6) is -2.86. The molecular formula is C26H31N5O6. The normalized spacial score (nSPS) is 13.2. The van der Waals surface area contributed by atoms with E-state index in [-0.39, 0.29) is 43.0 Å². The van der Waals surface area contributed by atoms with Gasteiger partial charge in [-0.15, -0.1) is 0 Å². The molecule has 1 heterocycles. The molecule has 11 heteroatoms. The van der Waals surface area contributed by atoms with Crippen LogP contribution in [-0.4, -0.2) is 65.3 Å². The average Bonchev–Trinajstić information content (AvgIpc) is 3.16. The minimum absolute atomic E-state index is 0.170. The molecule has 0 aliphatic carbocycles. The monoisotopic (exact) mass is 509 g/mol. The molecule has 1 aliphatic rings. The van der Waals surface area contributed by atoms with E-state index < -0.39 is 29.7 Å². The van der Waals surface area contributed by atoms with Crippen molar-refractivity contribution >= 4 is 29.5 Å². The fourth-order valence-corrected chi connectivity index (χ4v) is 3.95. The van der Waals surface area contributed by atoms with Gasteiger partial charge in [0.05, 0.1) is 11.1 Å². The minimum atomic E-state index is -1.24. The molecule has 11 nitrogen and oxygen atoms in total. The first-order valence-corrected chi connectivity index (χ1v) is 12.1. The van der Waals surface area contributed by atoms with Crippen LogP contribution < -0.4 is 21.8 Å². The maximum atomic E-state index is 12.4. The maximum Gasteiger partial charge on any atom is 0.267 e. The number of hydrogen-bond donors (Lipinski definition) is 5. The van der Waals surface area contributed by atoms with Gasteiger partial charge in [-0.2, -0.15) is 0 Å². The van der Waals surface area contributed by atoms with E-state index in [0.717, 1.165) is 23.3 Å². The number of carbonyl (C=O) groups excluding carboxylic acids is 5. The number of imide groups is 1. The Morgan fingerprint density at radius 2 is 1.46 bits per heavy atom. The van der Waals surface area contributed by atoms with Crippen LogP contribution in [0.5, 0.6) is 0 Å². The van der Waals surface area contributed by atoms with E-state index in [0.29, 0.717) is 13.0 Å². The van der Waals surface area contributed by atoms with Crippen molar-refractivity contribution in [1.82, 2.24) is 21.0 Å². The largest absolute Gasteiger partial charge is 0.353 e. The van der Waals surface area contributed by atoms with Gasteiger partial charge in [-0.3, -0.25) is 34.1 Å². The van der Waals surface area contributed by atoms with Gasteiger partial charge in [-0.25, -0.2) is 5.48 Å². The summed E-state index contributed by atoms with van der Waals surface area (Å²) in [6.07, 6.45) is 2.21. The number of benzene rings is 2. The summed E-state index contributed by atoms with van der Waals surface area (Å²) in [7, 11) is 0. The van der Waals surface area contributed by atoms with E-state index in [1.807, 2.05) is 24.3 Å². The van der Waals surface area contributed by atoms with Crippen LogP contribution in [0.2, 0.25) is 0 Å². The van der Waals surface area contributed by atoms with Gasteiger partial charge in [0.25, 0.3) is 17.7 Å². The second-order valence-corrected chi connectivity index (χ2v) is 8.67. The van der Waals surface area contributed by atoms with E-state index in [9.17, 15) is 24.0 Å². The molecule has 0 saturated carbocycles. The Bertz CT molecular complexity index is 1120. The van der Waals surface area contributed by atoms with Crippen molar-refractivity contribution in [2.45, 2.75) is 38.1 Å². The number of rotatable bonds is 13. The summed E-state index contributed by atoms with van der Waals surface area (Å²) < 4.78 is 0. The zero-order valence-corrected chi connectivity index (χ0v) is 20.4. The van der Waals surface area contributed by atoms with Crippen LogP contribution in [0.25, 0.3) is 0 Å². The fourth-order valence-electron chi connectivity index (χ4n) is 3.95. The number of amides is 5. The second-order valence-electron chi connectivity index (χ2n) is 8.67. The number of aryl methyl sites for hydroxylation is 2. The summed E-state index contributed by atoms with van der Waals surface area (Å²) in [6.45, 7) is 0.204. The van der Waals surface area contributed by atoms with Gasteiger partial charge in [-0.05, 0) is 49.1 Å². The third-order valence-electron chi connectivity index (χ3n) is 6.04. The Balaban J connectivity index is 1.45. The molecule has 0 bridgehead atoms. The lowest BCUT2D eigenvalue weighted by molar-refractivity contribution is -0.135. The molecule has 0 saturated heterocycles. The number of nitrogens with one attached hydrogen (secondary N) is 3. The molecular weight excluding hydrogens is 478 g/mol. The lowest BCUT2D eigenvalue weighted by Gasteiger charge is -2.19. The zero-order chi connectivity index (χ0) is 26.8. The lowest BCUT2D eigenvalue weighted by Crippen LogP contribution is -2.52. The Labute approximate surface area is 214 Å². The van der Waals surface area contributed by atoms with Crippen molar-refractivity contribution in [2.75, 3.05) is 19.6 Å². The zero-order valence-electron chi connectivity index (χ0n) is 20.4. The van der Waals surface area contributed by atoms with Gasteiger partial charge < -0.3 is 16.4 Å². The third-order valence-corrected chi connectivity index (χ3v) is 6.04. The molecule has 196 valence electrons. The van der Waals surface area contributed by atoms with E-state index in [1.165, 1.54) is 11.0 Å².